The first kappa shape index (κ1) is 20.6. The van der Waals surface area contributed by atoms with Gasteiger partial charge in [-0.1, -0.05) is 67.2 Å². The monoisotopic (exact) mass is 436 g/mol. The van der Waals surface area contributed by atoms with Gasteiger partial charge >= 0.3 is 6.03 Å². The van der Waals surface area contributed by atoms with Gasteiger partial charge in [0, 0.05) is 0 Å². The summed E-state index contributed by atoms with van der Waals surface area (Å²) in [6.07, 6.45) is 1.91. The predicted octanol–water partition coefficient (Wildman–Crippen LogP) is 2.25. The van der Waals surface area contributed by atoms with Crippen molar-refractivity contribution in [2.45, 2.75) is 24.0 Å². The SMILES string of the molecule is CCC1(c2ccccc2)NC(=O)N(NC(=O)CSc2ncn(-c3ccccc3)n2)C1=O. The Bertz CT molecular complexity index is 1100. The Kier molecular flexibility index (Phi) is 5.72. The van der Waals surface area contributed by atoms with Gasteiger partial charge in [-0.15, -0.1) is 5.10 Å². The molecule has 1 fully saturated rings. The molecule has 0 spiro atoms. The zero-order valence-electron chi connectivity index (χ0n) is 16.7. The molecule has 158 valence electrons. The summed E-state index contributed by atoms with van der Waals surface area (Å²) in [5.74, 6) is -1.08. The quantitative estimate of drug-likeness (QED) is 0.434. The van der Waals surface area contributed by atoms with Gasteiger partial charge in [0.15, 0.2) is 0 Å². The van der Waals surface area contributed by atoms with Gasteiger partial charge in [0.2, 0.25) is 11.1 Å². The van der Waals surface area contributed by atoms with E-state index in [0.29, 0.717) is 17.1 Å². The van der Waals surface area contributed by atoms with Crippen molar-refractivity contribution >= 4 is 29.6 Å². The number of imide groups is 1. The van der Waals surface area contributed by atoms with Crippen molar-refractivity contribution in [3.63, 3.8) is 0 Å². The maximum atomic E-state index is 13.0. The number of nitrogens with one attached hydrogen (secondary N) is 2. The van der Waals surface area contributed by atoms with Crippen LogP contribution in [0, 0.1) is 0 Å². The van der Waals surface area contributed by atoms with E-state index in [4.69, 9.17) is 0 Å². The second kappa shape index (κ2) is 8.60. The lowest BCUT2D eigenvalue weighted by molar-refractivity contribution is -0.138. The number of thioether (sulfide) groups is 1. The summed E-state index contributed by atoms with van der Waals surface area (Å²) >= 11 is 1.11. The standard InChI is InChI=1S/C21H20N6O3S/c1-2-21(15-9-5-3-6-10-15)18(29)27(20(30)23-21)24-17(28)13-31-19-22-14-26(25-19)16-11-7-4-8-12-16/h3-12,14H,2,13H2,1H3,(H,23,30)(H,24,28). The Morgan fingerprint density at radius 3 is 2.45 bits per heavy atom. The van der Waals surface area contributed by atoms with Crippen LogP contribution in [0.25, 0.3) is 5.69 Å². The second-order valence-corrected chi connectivity index (χ2v) is 7.77. The van der Waals surface area contributed by atoms with Gasteiger partial charge < -0.3 is 5.32 Å². The summed E-state index contributed by atoms with van der Waals surface area (Å²) in [4.78, 5) is 42.1. The number of nitrogens with zero attached hydrogens (tertiary/aromatic N) is 4. The molecule has 3 aromatic rings. The summed E-state index contributed by atoms with van der Waals surface area (Å²) in [6, 6.07) is 17.8. The molecule has 9 nitrogen and oxygen atoms in total. The van der Waals surface area contributed by atoms with Gasteiger partial charge in [0.05, 0.1) is 11.4 Å². The minimum Gasteiger partial charge on any atom is -0.318 e. The number of hydrogen-bond acceptors (Lipinski definition) is 6. The van der Waals surface area contributed by atoms with Crippen LogP contribution in [-0.2, 0) is 15.1 Å². The molecule has 2 aromatic carbocycles. The van der Waals surface area contributed by atoms with Gasteiger partial charge in [-0.3, -0.25) is 15.0 Å². The molecule has 4 amide bonds. The molecular weight excluding hydrogens is 416 g/mol. The number of amides is 4. The first-order valence-electron chi connectivity index (χ1n) is 9.65. The van der Waals surface area contributed by atoms with Gasteiger partial charge in [0.1, 0.15) is 11.9 Å². The number of carbonyl (C=O) groups is 3. The Balaban J connectivity index is 1.39. The zero-order valence-corrected chi connectivity index (χ0v) is 17.5. The Morgan fingerprint density at radius 1 is 1.10 bits per heavy atom. The number of urea groups is 1. The van der Waals surface area contributed by atoms with Crippen molar-refractivity contribution in [1.82, 2.24) is 30.5 Å². The molecule has 10 heteroatoms. The molecule has 0 saturated carbocycles. The minimum atomic E-state index is -1.20. The van der Waals surface area contributed by atoms with E-state index < -0.39 is 23.4 Å². The van der Waals surface area contributed by atoms with Crippen molar-refractivity contribution in [1.29, 1.82) is 0 Å². The van der Waals surface area contributed by atoms with Crippen molar-refractivity contribution in [3.8, 4) is 5.69 Å². The lowest BCUT2D eigenvalue weighted by Gasteiger charge is -2.25. The van der Waals surface area contributed by atoms with E-state index in [1.54, 1.807) is 42.2 Å². The van der Waals surface area contributed by atoms with Gasteiger partial charge in [0.25, 0.3) is 5.91 Å². The fourth-order valence-corrected chi connectivity index (χ4v) is 3.94. The van der Waals surface area contributed by atoms with Crippen LogP contribution in [0.3, 0.4) is 0 Å². The summed E-state index contributed by atoms with van der Waals surface area (Å²) in [5.41, 5.74) is 2.71. The molecule has 0 bridgehead atoms. The lowest BCUT2D eigenvalue weighted by atomic mass is 9.87. The molecule has 1 aliphatic rings. The Labute approximate surface area is 182 Å². The van der Waals surface area contributed by atoms with Crippen LogP contribution < -0.4 is 10.7 Å². The number of rotatable bonds is 7. The van der Waals surface area contributed by atoms with Gasteiger partial charge in [-0.2, -0.15) is 5.01 Å². The maximum absolute atomic E-state index is 13.0. The van der Waals surface area contributed by atoms with E-state index in [-0.39, 0.29) is 5.75 Å². The summed E-state index contributed by atoms with van der Waals surface area (Å²) < 4.78 is 1.60. The average Bonchev–Trinajstić information content (AvgIpc) is 3.38. The van der Waals surface area contributed by atoms with E-state index in [1.807, 2.05) is 36.4 Å². The van der Waals surface area contributed by atoms with Crippen LogP contribution >= 0.6 is 11.8 Å². The molecule has 2 heterocycles. The number of benzene rings is 2. The van der Waals surface area contributed by atoms with Crippen LogP contribution in [0.2, 0.25) is 0 Å². The molecular formula is C21H20N6O3S. The highest BCUT2D eigenvalue weighted by atomic mass is 32.2. The molecule has 1 unspecified atom stereocenters. The third-order valence-corrected chi connectivity index (χ3v) is 5.80. The van der Waals surface area contributed by atoms with Crippen LogP contribution in [0.1, 0.15) is 18.9 Å². The molecule has 2 N–H and O–H groups in total. The van der Waals surface area contributed by atoms with Gasteiger partial charge in [-0.05, 0) is 24.1 Å². The van der Waals surface area contributed by atoms with Crippen LogP contribution in [0.15, 0.2) is 72.1 Å². The largest absolute Gasteiger partial charge is 0.344 e. The zero-order chi connectivity index (χ0) is 21.8. The van der Waals surface area contributed by atoms with Crippen molar-refractivity contribution in [2.24, 2.45) is 0 Å². The fraction of sp³-hybridized carbons (Fsp3) is 0.190. The Hall–Kier alpha value is -3.66. The second-order valence-electron chi connectivity index (χ2n) is 6.83. The van der Waals surface area contributed by atoms with Crippen molar-refractivity contribution in [3.05, 3.63) is 72.6 Å². The van der Waals surface area contributed by atoms with E-state index >= 15 is 0 Å². The normalized spacial score (nSPS) is 18.2. The number of aromatic nitrogens is 3. The Morgan fingerprint density at radius 2 is 1.77 bits per heavy atom. The number of hydrogen-bond donors (Lipinski definition) is 2. The first-order chi connectivity index (χ1) is 15.0. The van der Waals surface area contributed by atoms with Gasteiger partial charge in [-0.25, -0.2) is 14.5 Å². The van der Waals surface area contributed by atoms with Crippen LogP contribution in [0.4, 0.5) is 4.79 Å². The van der Waals surface area contributed by atoms with E-state index in [1.165, 1.54) is 0 Å². The minimum absolute atomic E-state index is 0.0552. The number of hydrazine groups is 1. The number of para-hydroxylation sites is 1. The highest BCUT2D eigenvalue weighted by molar-refractivity contribution is 7.99. The van der Waals surface area contributed by atoms with Crippen LogP contribution in [-0.4, -0.2) is 43.4 Å². The third-order valence-electron chi connectivity index (χ3n) is 4.95. The topological polar surface area (TPSA) is 109 Å². The molecule has 4 rings (SSSR count). The summed E-state index contributed by atoms with van der Waals surface area (Å²) in [7, 11) is 0. The molecule has 1 saturated heterocycles. The van der Waals surface area contributed by atoms with E-state index in [9.17, 15) is 14.4 Å². The third kappa shape index (κ3) is 4.02. The molecule has 1 aliphatic heterocycles. The van der Waals surface area contributed by atoms with Crippen LogP contribution in [0.5, 0.6) is 0 Å². The van der Waals surface area contributed by atoms with Crippen molar-refractivity contribution < 1.29 is 14.4 Å². The lowest BCUT2D eigenvalue weighted by Crippen LogP contribution is -2.49. The summed E-state index contributed by atoms with van der Waals surface area (Å²) in [5, 5.41) is 8.19. The van der Waals surface area contributed by atoms with E-state index in [2.05, 4.69) is 20.8 Å². The first-order valence-corrected chi connectivity index (χ1v) is 10.6. The predicted molar refractivity (Wildman–Crippen MR) is 114 cm³/mol. The fourth-order valence-electron chi connectivity index (χ4n) is 3.34. The number of carbonyl (C=O) groups excluding carboxylic acids is 3. The molecule has 1 aromatic heterocycles. The highest BCUT2D eigenvalue weighted by Gasteiger charge is 2.52. The molecule has 1 atom stereocenters. The molecule has 0 radical (unpaired) electrons. The summed E-state index contributed by atoms with van der Waals surface area (Å²) in [6.45, 7) is 1.81. The van der Waals surface area contributed by atoms with E-state index in [0.717, 1.165) is 22.5 Å². The highest BCUT2D eigenvalue weighted by Crippen LogP contribution is 2.31. The average molecular weight is 436 g/mol. The van der Waals surface area contributed by atoms with Crippen molar-refractivity contribution in [2.75, 3.05) is 5.75 Å². The molecule has 31 heavy (non-hydrogen) atoms. The molecule has 0 aliphatic carbocycles. The smallest absolute Gasteiger partial charge is 0.318 e. The maximum Gasteiger partial charge on any atom is 0.344 e.